The summed E-state index contributed by atoms with van der Waals surface area (Å²) in [7, 11) is 0. The van der Waals surface area contributed by atoms with Crippen molar-refractivity contribution in [3.8, 4) is 0 Å². The number of para-hydroxylation sites is 3. The first-order valence-corrected chi connectivity index (χ1v) is 9.93. The summed E-state index contributed by atoms with van der Waals surface area (Å²) in [5.74, 6) is -2.41. The van der Waals surface area contributed by atoms with Gasteiger partial charge in [0.25, 0.3) is 11.8 Å². The summed E-state index contributed by atoms with van der Waals surface area (Å²) in [4.78, 5) is 38.3. The lowest BCUT2D eigenvalue weighted by atomic mass is 10.1. The van der Waals surface area contributed by atoms with Crippen LogP contribution in [0.1, 0.15) is 20.9 Å². The minimum Gasteiger partial charge on any atom is -0.449 e. The molecule has 2 N–H and O–H groups in total. The molecule has 0 saturated heterocycles. The minimum atomic E-state index is -0.823. The molecule has 0 atom stereocenters. The van der Waals surface area contributed by atoms with Crippen LogP contribution in [0.2, 0.25) is 0 Å². The zero-order valence-corrected chi connectivity index (χ0v) is 16.9. The topological polar surface area (TPSA) is 102 Å². The number of amides is 2. The van der Waals surface area contributed by atoms with Gasteiger partial charge >= 0.3 is 5.63 Å². The van der Waals surface area contributed by atoms with Gasteiger partial charge < -0.3 is 19.5 Å². The van der Waals surface area contributed by atoms with E-state index in [1.54, 1.807) is 54.6 Å². The summed E-state index contributed by atoms with van der Waals surface area (Å²) in [5, 5.41) is 6.03. The normalized spacial score (nSPS) is 10.9. The van der Waals surface area contributed by atoms with Gasteiger partial charge in [-0.2, -0.15) is 0 Å². The lowest BCUT2D eigenvalue weighted by Gasteiger charge is -2.08. The average molecular weight is 442 g/mol. The molecule has 0 bridgehead atoms. The Balaban J connectivity index is 1.55. The number of rotatable bonds is 4. The van der Waals surface area contributed by atoms with Crippen LogP contribution >= 0.6 is 0 Å². The van der Waals surface area contributed by atoms with Gasteiger partial charge in [0.1, 0.15) is 28.2 Å². The quantitative estimate of drug-likeness (QED) is 0.373. The van der Waals surface area contributed by atoms with Crippen molar-refractivity contribution >= 4 is 45.1 Å². The molecule has 8 heteroatoms. The molecule has 7 nitrogen and oxygen atoms in total. The standard InChI is InChI=1S/C25H15FN2O5/c26-17-9-3-4-10-18(17)27-24(30)22-21(15-8-2-6-12-20(15)32-22)28-23(29)16-13-14-7-1-5-11-19(14)33-25(16)31/h1-13H,(H,27,30)(H,28,29). The second-order valence-electron chi connectivity index (χ2n) is 7.18. The van der Waals surface area contributed by atoms with Crippen LogP contribution in [0, 0.1) is 5.82 Å². The highest BCUT2D eigenvalue weighted by atomic mass is 19.1. The molecule has 5 aromatic rings. The van der Waals surface area contributed by atoms with Gasteiger partial charge in [0.15, 0.2) is 0 Å². The highest BCUT2D eigenvalue weighted by molar-refractivity contribution is 6.17. The molecular weight excluding hydrogens is 427 g/mol. The first-order chi connectivity index (χ1) is 16.0. The molecular formula is C25H15FN2O5. The Hall–Kier alpha value is -4.72. The molecule has 162 valence electrons. The second kappa shape index (κ2) is 8.08. The maximum atomic E-state index is 14.0. The number of carbonyl (C=O) groups is 2. The third kappa shape index (κ3) is 3.74. The van der Waals surface area contributed by atoms with Crippen molar-refractivity contribution in [3.05, 3.63) is 106 Å². The number of carbonyl (C=O) groups excluding carboxylic acids is 2. The van der Waals surface area contributed by atoms with Crippen molar-refractivity contribution in [2.75, 3.05) is 10.6 Å². The summed E-state index contributed by atoms with van der Waals surface area (Å²) >= 11 is 0. The molecule has 2 aromatic heterocycles. The number of fused-ring (bicyclic) bond motifs is 2. The van der Waals surface area contributed by atoms with Crippen LogP contribution in [0.3, 0.4) is 0 Å². The molecule has 0 aliphatic carbocycles. The second-order valence-corrected chi connectivity index (χ2v) is 7.18. The van der Waals surface area contributed by atoms with Crippen molar-refractivity contribution in [1.82, 2.24) is 0 Å². The Labute approximate surface area is 185 Å². The van der Waals surface area contributed by atoms with E-state index in [2.05, 4.69) is 10.6 Å². The van der Waals surface area contributed by atoms with E-state index in [4.69, 9.17) is 8.83 Å². The predicted molar refractivity (Wildman–Crippen MR) is 121 cm³/mol. The molecule has 0 saturated carbocycles. The first kappa shape index (κ1) is 20.2. The zero-order chi connectivity index (χ0) is 22.9. The molecule has 0 aliphatic rings. The van der Waals surface area contributed by atoms with E-state index < -0.39 is 23.3 Å². The number of hydrogen-bond acceptors (Lipinski definition) is 5. The molecule has 5 rings (SSSR count). The van der Waals surface area contributed by atoms with Crippen LogP contribution in [-0.2, 0) is 0 Å². The van der Waals surface area contributed by atoms with Gasteiger partial charge in [-0.15, -0.1) is 0 Å². The number of halogens is 1. The van der Waals surface area contributed by atoms with E-state index in [0.29, 0.717) is 21.9 Å². The molecule has 2 heterocycles. The fourth-order valence-electron chi connectivity index (χ4n) is 3.47. The first-order valence-electron chi connectivity index (χ1n) is 9.93. The highest BCUT2D eigenvalue weighted by Gasteiger charge is 2.24. The Bertz CT molecular complexity index is 1600. The van der Waals surface area contributed by atoms with E-state index in [0.717, 1.165) is 0 Å². The number of benzene rings is 3. The molecule has 33 heavy (non-hydrogen) atoms. The molecule has 3 aromatic carbocycles. The van der Waals surface area contributed by atoms with Crippen LogP contribution in [0.5, 0.6) is 0 Å². The van der Waals surface area contributed by atoms with Crippen LogP contribution < -0.4 is 16.3 Å². The van der Waals surface area contributed by atoms with Crippen molar-refractivity contribution in [3.63, 3.8) is 0 Å². The van der Waals surface area contributed by atoms with E-state index in [-0.39, 0.29) is 22.7 Å². The van der Waals surface area contributed by atoms with E-state index in [1.165, 1.54) is 24.3 Å². The maximum absolute atomic E-state index is 14.0. The van der Waals surface area contributed by atoms with Crippen LogP contribution in [0.4, 0.5) is 15.8 Å². The number of anilines is 2. The Morgan fingerprint density at radius 3 is 2.27 bits per heavy atom. The fraction of sp³-hybridized carbons (Fsp3) is 0. The molecule has 2 amide bonds. The number of hydrogen-bond donors (Lipinski definition) is 2. The predicted octanol–water partition coefficient (Wildman–Crippen LogP) is 5.18. The maximum Gasteiger partial charge on any atom is 0.349 e. The van der Waals surface area contributed by atoms with Gasteiger partial charge in [0, 0.05) is 10.8 Å². The van der Waals surface area contributed by atoms with Crippen molar-refractivity contribution in [1.29, 1.82) is 0 Å². The lowest BCUT2D eigenvalue weighted by molar-refractivity contribution is 0.0999. The van der Waals surface area contributed by atoms with E-state index >= 15 is 0 Å². The fourth-order valence-corrected chi connectivity index (χ4v) is 3.47. The Morgan fingerprint density at radius 1 is 0.758 bits per heavy atom. The minimum absolute atomic E-state index is 0.0459. The Kier molecular flexibility index (Phi) is 4.95. The van der Waals surface area contributed by atoms with E-state index in [1.807, 2.05) is 0 Å². The highest BCUT2D eigenvalue weighted by Crippen LogP contribution is 2.32. The molecule has 0 fully saturated rings. The van der Waals surface area contributed by atoms with Gasteiger partial charge in [-0.25, -0.2) is 9.18 Å². The molecule has 0 unspecified atom stereocenters. The summed E-state index contributed by atoms with van der Waals surface area (Å²) in [6.45, 7) is 0. The summed E-state index contributed by atoms with van der Waals surface area (Å²) in [6.07, 6.45) is 0. The molecule has 0 spiro atoms. The van der Waals surface area contributed by atoms with Crippen LogP contribution in [0.15, 0.2) is 92.5 Å². The average Bonchev–Trinajstić information content (AvgIpc) is 3.18. The largest absolute Gasteiger partial charge is 0.449 e. The lowest BCUT2D eigenvalue weighted by Crippen LogP contribution is -2.22. The van der Waals surface area contributed by atoms with Crippen molar-refractivity contribution in [2.45, 2.75) is 0 Å². The van der Waals surface area contributed by atoms with Gasteiger partial charge in [-0.3, -0.25) is 9.59 Å². The van der Waals surface area contributed by atoms with E-state index in [9.17, 15) is 18.8 Å². The smallest absolute Gasteiger partial charge is 0.349 e. The van der Waals surface area contributed by atoms with Gasteiger partial charge in [-0.1, -0.05) is 42.5 Å². The van der Waals surface area contributed by atoms with Crippen molar-refractivity contribution < 1.29 is 22.8 Å². The third-order valence-corrected chi connectivity index (χ3v) is 5.05. The summed E-state index contributed by atoms with van der Waals surface area (Å²) in [5.41, 5.74) is -0.377. The van der Waals surface area contributed by atoms with Crippen LogP contribution in [0.25, 0.3) is 21.9 Å². The third-order valence-electron chi connectivity index (χ3n) is 5.05. The SMILES string of the molecule is O=C(Nc1ccccc1F)c1oc2ccccc2c1NC(=O)c1cc2ccccc2oc1=O. The molecule has 0 aliphatic heterocycles. The monoisotopic (exact) mass is 442 g/mol. The number of nitrogens with one attached hydrogen (secondary N) is 2. The summed E-state index contributed by atoms with van der Waals surface area (Å²) < 4.78 is 24.9. The van der Waals surface area contributed by atoms with Gasteiger partial charge in [0.05, 0.1) is 5.69 Å². The summed E-state index contributed by atoms with van der Waals surface area (Å²) in [6, 6.07) is 20.5. The number of furan rings is 1. The zero-order valence-electron chi connectivity index (χ0n) is 16.9. The van der Waals surface area contributed by atoms with Crippen LogP contribution in [-0.4, -0.2) is 11.8 Å². The van der Waals surface area contributed by atoms with Crippen molar-refractivity contribution in [2.24, 2.45) is 0 Å². The molecule has 0 radical (unpaired) electrons. The Morgan fingerprint density at radius 2 is 1.45 bits per heavy atom. The van der Waals surface area contributed by atoms with Gasteiger partial charge in [0.2, 0.25) is 5.76 Å². The van der Waals surface area contributed by atoms with Gasteiger partial charge in [-0.05, 0) is 36.4 Å².